The summed E-state index contributed by atoms with van der Waals surface area (Å²) in [6.45, 7) is 3.31. The largest absolute Gasteiger partial charge is 0.478 e. The molecule has 0 saturated heterocycles. The van der Waals surface area contributed by atoms with Gasteiger partial charge in [-0.3, -0.25) is 0 Å². The number of aromatic nitrogens is 2. The van der Waals surface area contributed by atoms with Crippen LogP contribution in [0, 0.1) is 0 Å². The molecule has 0 aliphatic heterocycles. The first kappa shape index (κ1) is 14.3. The zero-order valence-electron chi connectivity index (χ0n) is 11.6. The molecule has 0 fully saturated rings. The predicted octanol–water partition coefficient (Wildman–Crippen LogP) is 2.56. The minimum absolute atomic E-state index is 0.283. The third-order valence-electron chi connectivity index (χ3n) is 2.63. The lowest BCUT2D eigenvalue weighted by molar-refractivity contribution is 0.298. The van der Waals surface area contributed by atoms with Crippen LogP contribution >= 0.6 is 0 Å². The monoisotopic (exact) mass is 273 g/mol. The number of rotatable bonds is 7. The summed E-state index contributed by atoms with van der Waals surface area (Å²) < 4.78 is 11.0. The van der Waals surface area contributed by atoms with E-state index in [1.807, 2.05) is 31.2 Å². The third-order valence-corrected chi connectivity index (χ3v) is 2.63. The third kappa shape index (κ3) is 4.20. The lowest BCUT2D eigenvalue weighted by Crippen LogP contribution is -2.02. The zero-order chi connectivity index (χ0) is 14.2. The summed E-state index contributed by atoms with van der Waals surface area (Å²) >= 11 is 0. The van der Waals surface area contributed by atoms with Gasteiger partial charge in [-0.15, -0.1) is 0 Å². The van der Waals surface area contributed by atoms with Crippen molar-refractivity contribution in [2.45, 2.75) is 19.8 Å². The summed E-state index contributed by atoms with van der Waals surface area (Å²) in [6, 6.07) is 9.73. The Bertz CT molecular complexity index is 529. The van der Waals surface area contributed by atoms with E-state index in [4.69, 9.17) is 15.2 Å². The highest BCUT2D eigenvalue weighted by Gasteiger charge is 2.03. The van der Waals surface area contributed by atoms with Gasteiger partial charge in [0, 0.05) is 12.3 Å². The molecule has 2 N–H and O–H groups in total. The van der Waals surface area contributed by atoms with Crippen LogP contribution in [0.3, 0.4) is 0 Å². The summed E-state index contributed by atoms with van der Waals surface area (Å²) in [5, 5.41) is 0. The minimum Gasteiger partial charge on any atom is -0.478 e. The number of hydrogen-bond donors (Lipinski definition) is 1. The molecule has 106 valence electrons. The van der Waals surface area contributed by atoms with E-state index in [-0.39, 0.29) is 6.01 Å². The van der Waals surface area contributed by atoms with Gasteiger partial charge in [0.1, 0.15) is 5.75 Å². The number of benzene rings is 1. The van der Waals surface area contributed by atoms with Crippen LogP contribution in [0.15, 0.2) is 36.5 Å². The summed E-state index contributed by atoms with van der Waals surface area (Å²) in [7, 11) is 0. The van der Waals surface area contributed by atoms with Gasteiger partial charge in [0.15, 0.2) is 0 Å². The van der Waals surface area contributed by atoms with Crippen LogP contribution in [0.25, 0.3) is 0 Å². The van der Waals surface area contributed by atoms with Gasteiger partial charge in [-0.1, -0.05) is 19.1 Å². The fourth-order valence-electron chi connectivity index (χ4n) is 1.66. The molecule has 1 aromatic heterocycles. The Labute approximate surface area is 118 Å². The maximum Gasteiger partial charge on any atom is 0.325 e. The van der Waals surface area contributed by atoms with E-state index >= 15 is 0 Å². The smallest absolute Gasteiger partial charge is 0.325 e. The first-order chi connectivity index (χ1) is 9.81. The highest BCUT2D eigenvalue weighted by Crippen LogP contribution is 2.20. The van der Waals surface area contributed by atoms with Crippen molar-refractivity contribution in [2.24, 2.45) is 5.73 Å². The minimum atomic E-state index is 0.283. The van der Waals surface area contributed by atoms with Crippen molar-refractivity contribution in [1.82, 2.24) is 9.97 Å². The molecule has 0 aliphatic rings. The summed E-state index contributed by atoms with van der Waals surface area (Å²) in [5.41, 5.74) is 6.69. The van der Waals surface area contributed by atoms with Gasteiger partial charge >= 0.3 is 6.01 Å². The van der Waals surface area contributed by atoms with Crippen molar-refractivity contribution in [1.29, 1.82) is 0 Å². The van der Waals surface area contributed by atoms with Crippen LogP contribution in [0.1, 0.15) is 18.9 Å². The first-order valence-corrected chi connectivity index (χ1v) is 6.74. The molecule has 5 nitrogen and oxygen atoms in total. The average molecular weight is 273 g/mol. The van der Waals surface area contributed by atoms with Gasteiger partial charge in [0.2, 0.25) is 5.88 Å². The molecule has 1 heterocycles. The van der Waals surface area contributed by atoms with Gasteiger partial charge in [-0.2, -0.15) is 4.98 Å². The lowest BCUT2D eigenvalue weighted by atomic mass is 10.1. The molecule has 20 heavy (non-hydrogen) atoms. The molecule has 2 rings (SSSR count). The van der Waals surface area contributed by atoms with Crippen LogP contribution in [0.4, 0.5) is 0 Å². The van der Waals surface area contributed by atoms with E-state index in [9.17, 15) is 0 Å². The quantitative estimate of drug-likeness (QED) is 0.839. The van der Waals surface area contributed by atoms with Crippen molar-refractivity contribution < 1.29 is 9.47 Å². The van der Waals surface area contributed by atoms with Crippen LogP contribution in [-0.4, -0.2) is 23.1 Å². The fourth-order valence-corrected chi connectivity index (χ4v) is 1.66. The van der Waals surface area contributed by atoms with E-state index < -0.39 is 0 Å². The fraction of sp³-hybridized carbons (Fsp3) is 0.333. The standard InChI is InChI=1S/C15H19N3O2/c1-2-11-19-14-8-10-17-15(18-14)20-13-5-3-12(4-6-13)7-9-16/h3-6,8,10H,2,7,9,11,16H2,1H3. The Morgan fingerprint density at radius 3 is 2.65 bits per heavy atom. The van der Waals surface area contributed by atoms with Crippen LogP contribution in [0.2, 0.25) is 0 Å². The Hall–Kier alpha value is -2.14. The molecule has 0 unspecified atom stereocenters. The summed E-state index contributed by atoms with van der Waals surface area (Å²) in [5.74, 6) is 1.22. The first-order valence-electron chi connectivity index (χ1n) is 6.74. The van der Waals surface area contributed by atoms with Crippen LogP contribution < -0.4 is 15.2 Å². The van der Waals surface area contributed by atoms with Crippen LogP contribution in [-0.2, 0) is 6.42 Å². The van der Waals surface area contributed by atoms with Gasteiger partial charge in [-0.25, -0.2) is 4.98 Å². The lowest BCUT2D eigenvalue weighted by Gasteiger charge is -2.07. The van der Waals surface area contributed by atoms with Gasteiger partial charge in [-0.05, 0) is 37.1 Å². The van der Waals surface area contributed by atoms with Gasteiger partial charge in [0.05, 0.1) is 6.61 Å². The molecular weight excluding hydrogens is 254 g/mol. The van der Waals surface area contributed by atoms with Crippen LogP contribution in [0.5, 0.6) is 17.6 Å². The Morgan fingerprint density at radius 2 is 1.95 bits per heavy atom. The number of nitrogens with zero attached hydrogens (tertiary/aromatic N) is 2. The Balaban J connectivity index is 2.01. The Kier molecular flexibility index (Phi) is 5.32. The molecule has 0 bridgehead atoms. The van der Waals surface area contributed by atoms with E-state index in [0.29, 0.717) is 24.8 Å². The second kappa shape index (κ2) is 7.45. The van der Waals surface area contributed by atoms with E-state index in [1.54, 1.807) is 12.3 Å². The molecule has 0 radical (unpaired) electrons. The van der Waals surface area contributed by atoms with Crippen molar-refractivity contribution in [3.05, 3.63) is 42.1 Å². The Morgan fingerprint density at radius 1 is 1.15 bits per heavy atom. The average Bonchev–Trinajstić information content (AvgIpc) is 2.48. The molecule has 0 saturated carbocycles. The molecule has 0 aliphatic carbocycles. The van der Waals surface area contributed by atoms with Crippen molar-refractivity contribution in [2.75, 3.05) is 13.2 Å². The molecule has 2 aromatic rings. The van der Waals surface area contributed by atoms with Crippen molar-refractivity contribution >= 4 is 0 Å². The highest BCUT2D eigenvalue weighted by atomic mass is 16.5. The summed E-state index contributed by atoms with van der Waals surface area (Å²) in [4.78, 5) is 8.26. The number of nitrogens with two attached hydrogens (primary N) is 1. The molecular formula is C15H19N3O2. The number of ether oxygens (including phenoxy) is 2. The maximum atomic E-state index is 5.60. The van der Waals surface area contributed by atoms with Gasteiger partial charge < -0.3 is 15.2 Å². The normalized spacial score (nSPS) is 10.3. The SMILES string of the molecule is CCCOc1ccnc(Oc2ccc(CCN)cc2)n1. The molecule has 1 aromatic carbocycles. The topological polar surface area (TPSA) is 70.3 Å². The number of hydrogen-bond acceptors (Lipinski definition) is 5. The zero-order valence-corrected chi connectivity index (χ0v) is 11.6. The molecule has 0 amide bonds. The molecule has 0 spiro atoms. The van der Waals surface area contributed by atoms with Gasteiger partial charge in [0.25, 0.3) is 0 Å². The molecule has 0 atom stereocenters. The highest BCUT2D eigenvalue weighted by molar-refractivity contribution is 5.29. The predicted molar refractivity (Wildman–Crippen MR) is 77.1 cm³/mol. The van der Waals surface area contributed by atoms with Crippen molar-refractivity contribution in [3.8, 4) is 17.6 Å². The van der Waals surface area contributed by atoms with E-state index in [0.717, 1.165) is 12.8 Å². The van der Waals surface area contributed by atoms with E-state index in [1.165, 1.54) is 5.56 Å². The summed E-state index contributed by atoms with van der Waals surface area (Å²) in [6.07, 6.45) is 3.41. The maximum absolute atomic E-state index is 5.60. The second-order valence-electron chi connectivity index (χ2n) is 4.31. The van der Waals surface area contributed by atoms with E-state index in [2.05, 4.69) is 9.97 Å². The second-order valence-corrected chi connectivity index (χ2v) is 4.31. The van der Waals surface area contributed by atoms with Crippen molar-refractivity contribution in [3.63, 3.8) is 0 Å². The molecule has 5 heteroatoms.